The molecule has 2 nitrogen and oxygen atoms in total. The summed E-state index contributed by atoms with van der Waals surface area (Å²) in [6, 6.07) is 8.97. The minimum Gasteiger partial charge on any atom is -0.361 e. The van der Waals surface area contributed by atoms with Gasteiger partial charge in [0.05, 0.1) is 5.60 Å². The first kappa shape index (κ1) is 12.8. The largest absolute Gasteiger partial charge is 0.361 e. The number of morpholine rings is 1. The van der Waals surface area contributed by atoms with E-state index in [2.05, 4.69) is 36.5 Å². The van der Waals surface area contributed by atoms with Gasteiger partial charge in [-0.3, -0.25) is 0 Å². The molecule has 0 bridgehead atoms. The number of nitrogens with one attached hydrogen (secondary N) is 1. The average Bonchev–Trinajstić information content (AvgIpc) is 2.92. The maximum Gasteiger partial charge on any atom is 0.107 e. The molecule has 2 fully saturated rings. The predicted octanol–water partition coefficient (Wildman–Crippen LogP) is 3.71. The van der Waals surface area contributed by atoms with Crippen molar-refractivity contribution in [3.05, 3.63) is 35.4 Å². The molecular formula is C18H25NO. The summed E-state index contributed by atoms with van der Waals surface area (Å²) in [6.07, 6.45) is 7.54. The van der Waals surface area contributed by atoms with Gasteiger partial charge in [-0.25, -0.2) is 0 Å². The summed E-state index contributed by atoms with van der Waals surface area (Å²) in [5.74, 6) is 0.668. The number of benzene rings is 1. The van der Waals surface area contributed by atoms with Gasteiger partial charge in [-0.1, -0.05) is 44.0 Å². The van der Waals surface area contributed by atoms with E-state index in [1.807, 2.05) is 0 Å². The van der Waals surface area contributed by atoms with Crippen LogP contribution in [-0.4, -0.2) is 18.7 Å². The standard InChI is InChI=1S/C18H25NO/c1-14-8-11-18(16-7-3-2-6-15(14)16)13-19-12-17(20-18)9-4-5-10-17/h2-3,6-7,14,19H,4-5,8-13H2,1H3. The molecule has 0 amide bonds. The van der Waals surface area contributed by atoms with Crippen LogP contribution in [0.4, 0.5) is 0 Å². The van der Waals surface area contributed by atoms with Crippen LogP contribution >= 0.6 is 0 Å². The van der Waals surface area contributed by atoms with Crippen LogP contribution in [0.25, 0.3) is 0 Å². The summed E-state index contributed by atoms with van der Waals surface area (Å²) in [5.41, 5.74) is 3.02. The molecule has 4 rings (SSSR count). The van der Waals surface area contributed by atoms with Gasteiger partial charge < -0.3 is 10.1 Å². The quantitative estimate of drug-likeness (QED) is 0.776. The van der Waals surface area contributed by atoms with Gasteiger partial charge in [0, 0.05) is 13.1 Å². The second-order valence-corrected chi connectivity index (χ2v) is 7.12. The van der Waals surface area contributed by atoms with Gasteiger partial charge in [0.1, 0.15) is 5.60 Å². The van der Waals surface area contributed by atoms with E-state index in [1.54, 1.807) is 0 Å². The summed E-state index contributed by atoms with van der Waals surface area (Å²) in [4.78, 5) is 0. The molecule has 1 aromatic rings. The molecule has 2 aliphatic carbocycles. The molecule has 1 saturated carbocycles. The zero-order chi connectivity index (χ0) is 13.6. The number of ether oxygens (including phenoxy) is 1. The van der Waals surface area contributed by atoms with Crippen LogP contribution in [0.15, 0.2) is 24.3 Å². The molecule has 1 N–H and O–H groups in total. The molecule has 108 valence electrons. The average molecular weight is 271 g/mol. The van der Waals surface area contributed by atoms with Crippen LogP contribution in [0.5, 0.6) is 0 Å². The fourth-order valence-corrected chi connectivity index (χ4v) is 4.65. The molecular weight excluding hydrogens is 246 g/mol. The summed E-state index contributed by atoms with van der Waals surface area (Å²) in [6.45, 7) is 4.39. The van der Waals surface area contributed by atoms with E-state index >= 15 is 0 Å². The Hall–Kier alpha value is -0.860. The highest BCUT2D eigenvalue weighted by atomic mass is 16.5. The van der Waals surface area contributed by atoms with E-state index < -0.39 is 0 Å². The van der Waals surface area contributed by atoms with Crippen molar-refractivity contribution < 1.29 is 4.74 Å². The Balaban J connectivity index is 1.75. The van der Waals surface area contributed by atoms with E-state index in [0.29, 0.717) is 5.92 Å². The van der Waals surface area contributed by atoms with Gasteiger partial charge in [0.15, 0.2) is 0 Å². The van der Waals surface area contributed by atoms with Crippen molar-refractivity contribution in [2.75, 3.05) is 13.1 Å². The second kappa shape index (κ2) is 4.57. The maximum atomic E-state index is 6.88. The normalized spacial score (nSPS) is 35.4. The van der Waals surface area contributed by atoms with Gasteiger partial charge in [-0.15, -0.1) is 0 Å². The van der Waals surface area contributed by atoms with Crippen molar-refractivity contribution in [3.63, 3.8) is 0 Å². The Morgan fingerprint density at radius 2 is 1.90 bits per heavy atom. The van der Waals surface area contributed by atoms with Crippen molar-refractivity contribution >= 4 is 0 Å². The van der Waals surface area contributed by atoms with Gasteiger partial charge in [0.2, 0.25) is 0 Å². The van der Waals surface area contributed by atoms with E-state index in [9.17, 15) is 0 Å². The van der Waals surface area contributed by atoms with Crippen molar-refractivity contribution in [3.8, 4) is 0 Å². The van der Waals surface area contributed by atoms with Crippen molar-refractivity contribution in [2.45, 2.75) is 62.6 Å². The highest BCUT2D eigenvalue weighted by molar-refractivity contribution is 5.38. The SMILES string of the molecule is CC1CCC2(CNCC3(CCCC3)O2)c2ccccc21. The highest BCUT2D eigenvalue weighted by Gasteiger charge is 2.49. The molecule has 0 aromatic heterocycles. The minimum atomic E-state index is -0.0638. The monoisotopic (exact) mass is 271 g/mol. The predicted molar refractivity (Wildman–Crippen MR) is 80.9 cm³/mol. The molecule has 1 aromatic carbocycles. The van der Waals surface area contributed by atoms with Crippen LogP contribution < -0.4 is 5.32 Å². The van der Waals surface area contributed by atoms with Crippen LogP contribution in [0.1, 0.15) is 62.5 Å². The van der Waals surface area contributed by atoms with Gasteiger partial charge >= 0.3 is 0 Å². The lowest BCUT2D eigenvalue weighted by molar-refractivity contribution is -0.188. The fourth-order valence-electron chi connectivity index (χ4n) is 4.65. The Morgan fingerprint density at radius 3 is 2.75 bits per heavy atom. The Kier molecular flexibility index (Phi) is 2.94. The topological polar surface area (TPSA) is 21.3 Å². The van der Waals surface area contributed by atoms with Crippen LogP contribution in [-0.2, 0) is 10.3 Å². The number of hydrogen-bond acceptors (Lipinski definition) is 2. The third-order valence-corrected chi connectivity index (χ3v) is 5.75. The van der Waals surface area contributed by atoms with Crippen molar-refractivity contribution in [1.82, 2.24) is 5.32 Å². The van der Waals surface area contributed by atoms with Crippen molar-refractivity contribution in [2.24, 2.45) is 0 Å². The molecule has 2 atom stereocenters. The summed E-state index contributed by atoms with van der Waals surface area (Å²) in [5, 5.41) is 3.71. The second-order valence-electron chi connectivity index (χ2n) is 7.12. The first-order chi connectivity index (χ1) is 9.73. The van der Waals surface area contributed by atoms with Gasteiger partial charge in [0.25, 0.3) is 0 Å². The zero-order valence-corrected chi connectivity index (χ0v) is 12.5. The number of hydrogen-bond donors (Lipinski definition) is 1. The molecule has 1 aliphatic heterocycles. The molecule has 2 unspecified atom stereocenters. The van der Waals surface area contributed by atoms with E-state index in [-0.39, 0.29) is 11.2 Å². The van der Waals surface area contributed by atoms with E-state index in [4.69, 9.17) is 4.74 Å². The molecule has 2 spiro atoms. The molecule has 0 radical (unpaired) electrons. The lowest BCUT2D eigenvalue weighted by atomic mass is 9.73. The maximum absolute atomic E-state index is 6.88. The first-order valence-corrected chi connectivity index (χ1v) is 8.23. The molecule has 1 saturated heterocycles. The first-order valence-electron chi connectivity index (χ1n) is 8.23. The summed E-state index contributed by atoms with van der Waals surface area (Å²) >= 11 is 0. The lowest BCUT2D eigenvalue weighted by Gasteiger charge is -2.51. The van der Waals surface area contributed by atoms with E-state index in [0.717, 1.165) is 13.1 Å². The Labute approximate surface area is 121 Å². The van der Waals surface area contributed by atoms with Gasteiger partial charge in [-0.05, 0) is 42.7 Å². The highest BCUT2D eigenvalue weighted by Crippen LogP contribution is 2.49. The molecule has 1 heterocycles. The van der Waals surface area contributed by atoms with Crippen LogP contribution in [0.2, 0.25) is 0 Å². The third-order valence-electron chi connectivity index (χ3n) is 5.75. The zero-order valence-electron chi connectivity index (χ0n) is 12.5. The number of rotatable bonds is 0. The Bertz CT molecular complexity index is 506. The lowest BCUT2D eigenvalue weighted by Crippen LogP contribution is -2.58. The number of fused-ring (bicyclic) bond motifs is 2. The summed E-state index contributed by atoms with van der Waals surface area (Å²) < 4.78 is 6.88. The smallest absolute Gasteiger partial charge is 0.107 e. The minimum absolute atomic E-state index is 0.0638. The summed E-state index contributed by atoms with van der Waals surface area (Å²) in [7, 11) is 0. The fraction of sp³-hybridized carbons (Fsp3) is 0.667. The Morgan fingerprint density at radius 1 is 1.10 bits per heavy atom. The van der Waals surface area contributed by atoms with E-state index in [1.165, 1.54) is 49.7 Å². The molecule has 3 aliphatic rings. The molecule has 2 heteroatoms. The van der Waals surface area contributed by atoms with Crippen molar-refractivity contribution in [1.29, 1.82) is 0 Å². The third kappa shape index (κ3) is 1.85. The van der Waals surface area contributed by atoms with Crippen LogP contribution in [0, 0.1) is 0 Å². The van der Waals surface area contributed by atoms with Gasteiger partial charge in [-0.2, -0.15) is 0 Å². The van der Waals surface area contributed by atoms with Crippen LogP contribution in [0.3, 0.4) is 0 Å². The molecule has 20 heavy (non-hydrogen) atoms.